The maximum atomic E-state index is 11.0. The second-order valence-corrected chi connectivity index (χ2v) is 2.86. The second-order valence-electron chi connectivity index (χ2n) is 2.86. The zero-order valence-electron chi connectivity index (χ0n) is 7.56. The number of methoxy groups -OCH3 is 1. The number of aliphatic hydroxyl groups is 1. The van der Waals surface area contributed by atoms with Crippen molar-refractivity contribution in [2.45, 2.75) is 19.1 Å². The molecule has 5 heteroatoms. The van der Waals surface area contributed by atoms with Gasteiger partial charge in [0, 0.05) is 26.0 Å². The summed E-state index contributed by atoms with van der Waals surface area (Å²) in [5.74, 6) is 0. The van der Waals surface area contributed by atoms with Gasteiger partial charge in [-0.05, 0) is 6.42 Å². The van der Waals surface area contributed by atoms with Crippen LogP contribution in [0.25, 0.3) is 0 Å². The Morgan fingerprint density at radius 1 is 1.77 bits per heavy atom. The molecule has 1 rings (SSSR count). The highest BCUT2D eigenvalue weighted by Crippen LogP contribution is 1.94. The van der Waals surface area contributed by atoms with Crippen molar-refractivity contribution in [3.8, 4) is 0 Å². The summed E-state index contributed by atoms with van der Waals surface area (Å²) in [4.78, 5) is 13.5. The Balaban J connectivity index is 2.35. The lowest BCUT2D eigenvalue weighted by Crippen LogP contribution is -2.21. The number of aryl methyl sites for hydroxylation is 1. The molecule has 0 bridgehead atoms. The third-order valence-electron chi connectivity index (χ3n) is 1.78. The van der Waals surface area contributed by atoms with Crippen molar-refractivity contribution in [3.05, 3.63) is 22.9 Å². The standard InChI is InChI=1S/C8H14N2O3/c1-13-6-7(11)2-4-10-5-3-9-8(10)12/h3,5,7,11H,2,4,6H2,1H3,(H,9,12). The fourth-order valence-electron chi connectivity index (χ4n) is 1.09. The summed E-state index contributed by atoms with van der Waals surface area (Å²) >= 11 is 0. The number of hydrogen-bond donors (Lipinski definition) is 2. The maximum absolute atomic E-state index is 11.0. The number of nitrogens with zero attached hydrogens (tertiary/aromatic N) is 1. The van der Waals surface area contributed by atoms with Crippen LogP contribution in [0.2, 0.25) is 0 Å². The fourth-order valence-corrected chi connectivity index (χ4v) is 1.09. The van der Waals surface area contributed by atoms with Crippen LogP contribution in [0.4, 0.5) is 0 Å². The van der Waals surface area contributed by atoms with E-state index in [1.54, 1.807) is 12.4 Å². The molecule has 0 spiro atoms. The molecule has 2 N–H and O–H groups in total. The molecule has 13 heavy (non-hydrogen) atoms. The van der Waals surface area contributed by atoms with E-state index in [-0.39, 0.29) is 5.69 Å². The van der Waals surface area contributed by atoms with Crippen LogP contribution in [0, 0.1) is 0 Å². The van der Waals surface area contributed by atoms with Crippen molar-refractivity contribution in [1.82, 2.24) is 9.55 Å². The van der Waals surface area contributed by atoms with Gasteiger partial charge in [-0.2, -0.15) is 0 Å². The number of imidazole rings is 1. The Hall–Kier alpha value is -1.07. The van der Waals surface area contributed by atoms with E-state index >= 15 is 0 Å². The summed E-state index contributed by atoms with van der Waals surface area (Å²) in [6, 6.07) is 0. The normalized spacial score (nSPS) is 13.1. The van der Waals surface area contributed by atoms with E-state index in [9.17, 15) is 9.90 Å². The number of aromatic nitrogens is 2. The summed E-state index contributed by atoms with van der Waals surface area (Å²) in [6.07, 6.45) is 3.24. The number of aromatic amines is 1. The van der Waals surface area contributed by atoms with Crippen molar-refractivity contribution in [1.29, 1.82) is 0 Å². The van der Waals surface area contributed by atoms with Gasteiger partial charge in [0.2, 0.25) is 0 Å². The van der Waals surface area contributed by atoms with Crippen molar-refractivity contribution in [2.75, 3.05) is 13.7 Å². The van der Waals surface area contributed by atoms with Gasteiger partial charge in [-0.3, -0.25) is 4.57 Å². The van der Waals surface area contributed by atoms with Gasteiger partial charge < -0.3 is 14.8 Å². The number of ether oxygens (including phenoxy) is 1. The van der Waals surface area contributed by atoms with Gasteiger partial charge in [-0.25, -0.2) is 4.79 Å². The second kappa shape index (κ2) is 4.84. The summed E-state index contributed by atoms with van der Waals surface area (Å²) in [5, 5.41) is 9.29. The lowest BCUT2D eigenvalue weighted by molar-refractivity contribution is 0.0563. The highest BCUT2D eigenvalue weighted by atomic mass is 16.5. The molecule has 0 saturated heterocycles. The predicted octanol–water partition coefficient (Wildman–Crippen LogP) is -0.426. The van der Waals surface area contributed by atoms with Gasteiger partial charge in [0.15, 0.2) is 0 Å². The third kappa shape index (κ3) is 3.04. The van der Waals surface area contributed by atoms with E-state index in [0.717, 1.165) is 0 Å². The van der Waals surface area contributed by atoms with Crippen LogP contribution < -0.4 is 5.69 Å². The van der Waals surface area contributed by atoms with E-state index in [0.29, 0.717) is 19.6 Å². The minimum absolute atomic E-state index is 0.149. The Labute approximate surface area is 76.0 Å². The topological polar surface area (TPSA) is 67.2 Å². The molecular formula is C8H14N2O3. The van der Waals surface area contributed by atoms with Crippen LogP contribution in [0.3, 0.4) is 0 Å². The molecule has 0 aliphatic rings. The van der Waals surface area contributed by atoms with Crippen LogP contribution >= 0.6 is 0 Å². The number of hydrogen-bond acceptors (Lipinski definition) is 3. The van der Waals surface area contributed by atoms with Gasteiger partial charge in [-0.15, -0.1) is 0 Å². The number of rotatable bonds is 5. The van der Waals surface area contributed by atoms with Gasteiger partial charge in [-0.1, -0.05) is 0 Å². The Morgan fingerprint density at radius 2 is 2.54 bits per heavy atom. The zero-order chi connectivity index (χ0) is 9.68. The first-order valence-corrected chi connectivity index (χ1v) is 4.15. The monoisotopic (exact) mass is 186 g/mol. The van der Waals surface area contributed by atoms with Gasteiger partial charge >= 0.3 is 5.69 Å². The summed E-state index contributed by atoms with van der Waals surface area (Å²) in [7, 11) is 1.53. The summed E-state index contributed by atoms with van der Waals surface area (Å²) < 4.78 is 6.27. The summed E-state index contributed by atoms with van der Waals surface area (Å²) in [5.41, 5.74) is -0.149. The first-order valence-electron chi connectivity index (χ1n) is 4.15. The molecule has 0 aliphatic heterocycles. The quantitative estimate of drug-likeness (QED) is 0.656. The highest BCUT2D eigenvalue weighted by Gasteiger charge is 2.04. The van der Waals surface area contributed by atoms with E-state index in [1.807, 2.05) is 0 Å². The van der Waals surface area contributed by atoms with E-state index in [4.69, 9.17) is 4.74 Å². The Morgan fingerprint density at radius 3 is 3.08 bits per heavy atom. The Bertz CT molecular complexity index is 292. The summed E-state index contributed by atoms with van der Waals surface area (Å²) in [6.45, 7) is 0.812. The van der Waals surface area contributed by atoms with Crippen LogP contribution in [0.5, 0.6) is 0 Å². The minimum Gasteiger partial charge on any atom is -0.391 e. The van der Waals surface area contributed by atoms with Gasteiger partial charge in [0.1, 0.15) is 0 Å². The number of aliphatic hydroxyl groups excluding tert-OH is 1. The predicted molar refractivity (Wildman–Crippen MR) is 47.6 cm³/mol. The minimum atomic E-state index is -0.508. The molecule has 1 aromatic heterocycles. The molecule has 0 radical (unpaired) electrons. The largest absolute Gasteiger partial charge is 0.391 e. The lowest BCUT2D eigenvalue weighted by Gasteiger charge is -2.08. The first kappa shape index (κ1) is 10.0. The molecule has 1 unspecified atom stereocenters. The van der Waals surface area contributed by atoms with Crippen molar-refractivity contribution in [3.63, 3.8) is 0 Å². The first-order chi connectivity index (χ1) is 6.24. The lowest BCUT2D eigenvalue weighted by atomic mass is 10.3. The highest BCUT2D eigenvalue weighted by molar-refractivity contribution is 4.75. The maximum Gasteiger partial charge on any atom is 0.325 e. The molecular weight excluding hydrogens is 172 g/mol. The SMILES string of the molecule is COCC(O)CCn1cc[nH]c1=O. The molecule has 74 valence electrons. The third-order valence-corrected chi connectivity index (χ3v) is 1.78. The molecule has 1 aromatic rings. The van der Waals surface area contributed by atoms with E-state index < -0.39 is 6.10 Å². The molecule has 0 aromatic carbocycles. The smallest absolute Gasteiger partial charge is 0.325 e. The average Bonchev–Trinajstić information content (AvgIpc) is 2.48. The van der Waals surface area contributed by atoms with Crippen LogP contribution in [-0.4, -0.2) is 34.5 Å². The zero-order valence-corrected chi connectivity index (χ0v) is 7.56. The van der Waals surface area contributed by atoms with Crippen LogP contribution in [0.1, 0.15) is 6.42 Å². The van der Waals surface area contributed by atoms with E-state index in [1.165, 1.54) is 11.7 Å². The molecule has 0 saturated carbocycles. The average molecular weight is 186 g/mol. The molecule has 5 nitrogen and oxygen atoms in total. The van der Waals surface area contributed by atoms with E-state index in [2.05, 4.69) is 4.98 Å². The molecule has 1 heterocycles. The molecule has 0 amide bonds. The van der Waals surface area contributed by atoms with Gasteiger partial charge in [0.05, 0.1) is 12.7 Å². The molecule has 0 aliphatic carbocycles. The van der Waals surface area contributed by atoms with Crippen LogP contribution in [-0.2, 0) is 11.3 Å². The molecule has 0 fully saturated rings. The van der Waals surface area contributed by atoms with Crippen molar-refractivity contribution < 1.29 is 9.84 Å². The number of H-pyrrole nitrogens is 1. The van der Waals surface area contributed by atoms with Gasteiger partial charge in [0.25, 0.3) is 0 Å². The fraction of sp³-hybridized carbons (Fsp3) is 0.625. The molecule has 1 atom stereocenters. The van der Waals surface area contributed by atoms with Crippen molar-refractivity contribution >= 4 is 0 Å². The van der Waals surface area contributed by atoms with Crippen LogP contribution in [0.15, 0.2) is 17.2 Å². The Kier molecular flexibility index (Phi) is 3.72. The number of nitrogens with one attached hydrogen (secondary N) is 1. The van der Waals surface area contributed by atoms with Crippen molar-refractivity contribution in [2.24, 2.45) is 0 Å².